The number of nitrogens with one attached hydrogen (secondary N) is 1. The number of fused-ring (bicyclic) bond motifs is 1. The van der Waals surface area contributed by atoms with Crippen LogP contribution in [-0.2, 0) is 0 Å². The molecule has 2 aromatic carbocycles. The molecule has 1 N–H and O–H groups in total. The second-order valence-electron chi connectivity index (χ2n) is 8.46. The number of thiophene rings is 1. The van der Waals surface area contributed by atoms with Crippen molar-refractivity contribution < 1.29 is 14.3 Å². The summed E-state index contributed by atoms with van der Waals surface area (Å²) < 4.78 is 11.2. The molecular weight excluding hydrogens is 474 g/mol. The van der Waals surface area contributed by atoms with Crippen LogP contribution in [0.4, 0.5) is 17.2 Å². The number of anilines is 3. The Morgan fingerprint density at radius 3 is 2.44 bits per heavy atom. The van der Waals surface area contributed by atoms with E-state index in [0.717, 1.165) is 59.2 Å². The number of ether oxygens (including phenoxy) is 2. The third-order valence-corrected chi connectivity index (χ3v) is 7.55. The van der Waals surface area contributed by atoms with Gasteiger partial charge in [-0.05, 0) is 43.7 Å². The summed E-state index contributed by atoms with van der Waals surface area (Å²) in [6.45, 7) is 7.72. The smallest absolute Gasteiger partial charge is 0.266 e. The van der Waals surface area contributed by atoms with Crippen molar-refractivity contribution in [3.63, 3.8) is 0 Å². The van der Waals surface area contributed by atoms with Crippen molar-refractivity contribution in [3.05, 3.63) is 65.3 Å². The third-order valence-electron chi connectivity index (χ3n) is 6.35. The van der Waals surface area contributed by atoms with Crippen LogP contribution in [0.5, 0.6) is 11.5 Å². The summed E-state index contributed by atoms with van der Waals surface area (Å²) >= 11 is 1.39. The fourth-order valence-electron chi connectivity index (χ4n) is 4.59. The Balaban J connectivity index is 1.38. The first-order valence-electron chi connectivity index (χ1n) is 12.0. The molecule has 36 heavy (non-hydrogen) atoms. The summed E-state index contributed by atoms with van der Waals surface area (Å²) in [4.78, 5) is 28.5. The van der Waals surface area contributed by atoms with Crippen molar-refractivity contribution in [2.45, 2.75) is 13.8 Å². The van der Waals surface area contributed by atoms with Crippen molar-refractivity contribution in [1.29, 1.82) is 0 Å². The predicted octanol–water partition coefficient (Wildman–Crippen LogP) is 4.99. The highest BCUT2D eigenvalue weighted by molar-refractivity contribution is 7.20. The van der Waals surface area contributed by atoms with Crippen LogP contribution in [0.1, 0.15) is 22.2 Å². The van der Waals surface area contributed by atoms with E-state index in [1.54, 1.807) is 13.4 Å². The van der Waals surface area contributed by atoms with Gasteiger partial charge in [0.15, 0.2) is 0 Å². The number of benzene rings is 2. The first-order chi connectivity index (χ1) is 17.6. The summed E-state index contributed by atoms with van der Waals surface area (Å²) in [5.74, 6) is 2.24. The zero-order valence-corrected chi connectivity index (χ0v) is 21.5. The molecule has 9 heteroatoms. The molecule has 3 heterocycles. The molecule has 186 valence electrons. The van der Waals surface area contributed by atoms with Crippen LogP contribution in [0, 0.1) is 6.92 Å². The summed E-state index contributed by atoms with van der Waals surface area (Å²) in [7, 11) is 1.70. The van der Waals surface area contributed by atoms with Crippen LogP contribution in [0.15, 0.2) is 54.9 Å². The lowest BCUT2D eigenvalue weighted by Gasteiger charge is -2.37. The molecule has 1 aliphatic rings. The third kappa shape index (κ3) is 4.54. The van der Waals surface area contributed by atoms with Crippen molar-refractivity contribution in [1.82, 2.24) is 9.97 Å². The number of para-hydroxylation sites is 4. The Morgan fingerprint density at radius 1 is 1.00 bits per heavy atom. The summed E-state index contributed by atoms with van der Waals surface area (Å²) in [5.41, 5.74) is 2.65. The van der Waals surface area contributed by atoms with Crippen LogP contribution in [-0.4, -0.2) is 55.8 Å². The fourth-order valence-corrected chi connectivity index (χ4v) is 5.63. The molecule has 1 aliphatic heterocycles. The SMILES string of the molecule is CCOc1ccccc1NC(=O)c1sc2ncnc(N3CCN(c4ccccc4OC)CC3)c2c1C. The molecular formula is C27H29N5O3S. The number of rotatable bonds is 7. The van der Waals surface area contributed by atoms with E-state index in [4.69, 9.17) is 9.47 Å². The summed E-state index contributed by atoms with van der Waals surface area (Å²) in [5, 5.41) is 3.95. The molecule has 1 fully saturated rings. The van der Waals surface area contributed by atoms with Crippen LogP contribution >= 0.6 is 11.3 Å². The maximum atomic E-state index is 13.3. The maximum absolute atomic E-state index is 13.3. The zero-order valence-electron chi connectivity index (χ0n) is 20.7. The van der Waals surface area contributed by atoms with Gasteiger partial charge in [-0.2, -0.15) is 0 Å². The molecule has 1 amide bonds. The van der Waals surface area contributed by atoms with E-state index in [1.165, 1.54) is 11.3 Å². The summed E-state index contributed by atoms with van der Waals surface area (Å²) in [6, 6.07) is 15.6. The van der Waals surface area contributed by atoms with Gasteiger partial charge in [0.25, 0.3) is 5.91 Å². The number of carbonyl (C=O) groups excluding carboxylic acids is 1. The fraction of sp³-hybridized carbons (Fsp3) is 0.296. The highest BCUT2D eigenvalue weighted by Gasteiger charge is 2.25. The Bertz CT molecular complexity index is 1380. The highest BCUT2D eigenvalue weighted by Crippen LogP contribution is 2.37. The Hall–Kier alpha value is -3.85. The maximum Gasteiger partial charge on any atom is 0.266 e. The second-order valence-corrected chi connectivity index (χ2v) is 9.46. The average Bonchev–Trinajstić information content (AvgIpc) is 3.26. The summed E-state index contributed by atoms with van der Waals surface area (Å²) in [6.07, 6.45) is 1.59. The molecule has 2 aromatic heterocycles. The number of aryl methyl sites for hydroxylation is 1. The van der Waals surface area contributed by atoms with E-state index in [-0.39, 0.29) is 5.91 Å². The molecule has 4 aromatic rings. The van der Waals surface area contributed by atoms with E-state index in [9.17, 15) is 4.79 Å². The van der Waals surface area contributed by atoms with Crippen LogP contribution < -0.4 is 24.6 Å². The van der Waals surface area contributed by atoms with Crippen molar-refractivity contribution in [3.8, 4) is 11.5 Å². The molecule has 0 unspecified atom stereocenters. The minimum Gasteiger partial charge on any atom is -0.495 e. The lowest BCUT2D eigenvalue weighted by molar-refractivity contribution is 0.102. The van der Waals surface area contributed by atoms with Gasteiger partial charge in [-0.15, -0.1) is 11.3 Å². The number of aromatic nitrogens is 2. The molecule has 8 nitrogen and oxygen atoms in total. The first-order valence-corrected chi connectivity index (χ1v) is 12.8. The zero-order chi connectivity index (χ0) is 25.1. The number of hydrogen-bond donors (Lipinski definition) is 1. The molecule has 0 bridgehead atoms. The van der Waals surface area contributed by atoms with Gasteiger partial charge in [-0.3, -0.25) is 4.79 Å². The van der Waals surface area contributed by atoms with Gasteiger partial charge in [-0.1, -0.05) is 24.3 Å². The van der Waals surface area contributed by atoms with Gasteiger partial charge in [0.1, 0.15) is 28.5 Å². The van der Waals surface area contributed by atoms with Crippen molar-refractivity contribution >= 4 is 44.7 Å². The minimum atomic E-state index is -0.172. The topological polar surface area (TPSA) is 79.8 Å². The molecule has 0 radical (unpaired) electrons. The predicted molar refractivity (Wildman–Crippen MR) is 145 cm³/mol. The van der Waals surface area contributed by atoms with Crippen LogP contribution in [0.25, 0.3) is 10.2 Å². The van der Waals surface area contributed by atoms with Crippen LogP contribution in [0.3, 0.4) is 0 Å². The monoisotopic (exact) mass is 503 g/mol. The standard InChI is InChI=1S/C27H29N5O3S/c1-4-35-21-11-7-5-9-19(21)30-26(33)24-18(2)23-25(28-17-29-27(23)36-24)32-15-13-31(14-16-32)20-10-6-8-12-22(20)34-3/h5-12,17H,4,13-16H2,1-3H3,(H,30,33). The van der Waals surface area contributed by atoms with Gasteiger partial charge in [0, 0.05) is 26.2 Å². The van der Waals surface area contributed by atoms with E-state index < -0.39 is 0 Å². The van der Waals surface area contributed by atoms with E-state index in [0.29, 0.717) is 22.9 Å². The number of piperazine rings is 1. The largest absolute Gasteiger partial charge is 0.495 e. The van der Waals surface area contributed by atoms with Gasteiger partial charge < -0.3 is 24.6 Å². The van der Waals surface area contributed by atoms with E-state index >= 15 is 0 Å². The van der Waals surface area contributed by atoms with Crippen LogP contribution in [0.2, 0.25) is 0 Å². The Morgan fingerprint density at radius 2 is 1.69 bits per heavy atom. The van der Waals surface area contributed by atoms with Gasteiger partial charge in [0.05, 0.1) is 35.4 Å². The van der Waals surface area contributed by atoms with Gasteiger partial charge in [0.2, 0.25) is 0 Å². The number of amides is 1. The van der Waals surface area contributed by atoms with Crippen molar-refractivity contribution in [2.24, 2.45) is 0 Å². The van der Waals surface area contributed by atoms with Crippen molar-refractivity contribution in [2.75, 3.05) is 55.0 Å². The molecule has 0 atom stereocenters. The van der Waals surface area contributed by atoms with Gasteiger partial charge in [-0.25, -0.2) is 9.97 Å². The molecule has 1 saturated heterocycles. The van der Waals surface area contributed by atoms with E-state index in [2.05, 4.69) is 31.2 Å². The minimum absolute atomic E-state index is 0.172. The highest BCUT2D eigenvalue weighted by atomic mass is 32.1. The normalized spacial score (nSPS) is 13.6. The van der Waals surface area contributed by atoms with Gasteiger partial charge >= 0.3 is 0 Å². The first kappa shape index (κ1) is 23.9. The number of hydrogen-bond acceptors (Lipinski definition) is 8. The quantitative estimate of drug-likeness (QED) is 0.381. The molecule has 0 spiro atoms. The molecule has 5 rings (SSSR count). The second kappa shape index (κ2) is 10.4. The Kier molecular flexibility index (Phi) is 6.90. The molecule has 0 aliphatic carbocycles. The number of nitrogens with zero attached hydrogens (tertiary/aromatic N) is 4. The number of carbonyl (C=O) groups is 1. The Labute approximate surface area is 214 Å². The van der Waals surface area contributed by atoms with E-state index in [1.807, 2.05) is 56.3 Å². The lowest BCUT2D eigenvalue weighted by atomic mass is 10.1. The lowest BCUT2D eigenvalue weighted by Crippen LogP contribution is -2.47. The average molecular weight is 504 g/mol. The number of methoxy groups -OCH3 is 1. The molecule has 0 saturated carbocycles.